The monoisotopic (exact) mass is 651 g/mol. The Hall–Kier alpha value is -4.69. The first kappa shape index (κ1) is 32.3. The normalized spacial score (nSPS) is 18.4. The Morgan fingerprint density at radius 3 is 2.45 bits per heavy atom. The van der Waals surface area contributed by atoms with Gasteiger partial charge < -0.3 is 30.9 Å². The topological polar surface area (TPSA) is 152 Å². The molecule has 248 valence electrons. The van der Waals surface area contributed by atoms with Gasteiger partial charge in [0.1, 0.15) is 11.9 Å². The third-order valence-electron chi connectivity index (χ3n) is 9.18. The maximum absolute atomic E-state index is 14.9. The van der Waals surface area contributed by atoms with E-state index in [4.69, 9.17) is 10.5 Å². The lowest BCUT2D eigenvalue weighted by atomic mass is 9.76. The molecule has 0 saturated carbocycles. The lowest BCUT2D eigenvalue weighted by Crippen LogP contribution is -2.41. The number of aryl methyl sites for hydroxylation is 2. The minimum atomic E-state index is -4.84. The van der Waals surface area contributed by atoms with Crippen LogP contribution in [0.25, 0.3) is 16.8 Å². The number of nitrogens with one attached hydrogen (secondary N) is 1. The third kappa shape index (κ3) is 6.74. The summed E-state index contributed by atoms with van der Waals surface area (Å²) in [6.45, 7) is 5.13. The van der Waals surface area contributed by atoms with Crippen molar-refractivity contribution in [3.63, 3.8) is 0 Å². The zero-order valence-corrected chi connectivity index (χ0v) is 26.0. The molecule has 2 saturated heterocycles. The summed E-state index contributed by atoms with van der Waals surface area (Å²) in [5.41, 5.74) is 9.49. The fourth-order valence-electron chi connectivity index (χ4n) is 6.51. The van der Waals surface area contributed by atoms with Crippen LogP contribution in [0.5, 0.6) is 5.88 Å². The highest BCUT2D eigenvalue weighted by Gasteiger charge is 2.46. The van der Waals surface area contributed by atoms with Crippen LogP contribution >= 0.6 is 0 Å². The first-order valence-electron chi connectivity index (χ1n) is 15.3. The van der Waals surface area contributed by atoms with Gasteiger partial charge in [0.15, 0.2) is 0 Å². The number of carboxylic acid groups (broad SMARTS) is 1. The number of hydrogen-bond acceptors (Lipinski definition) is 9. The molecule has 4 aromatic rings. The minimum Gasteiger partial charge on any atom is -0.480 e. The Kier molecular flexibility index (Phi) is 8.57. The van der Waals surface area contributed by atoms with Crippen LogP contribution in [-0.2, 0) is 11.4 Å². The molecule has 0 amide bonds. The van der Waals surface area contributed by atoms with Gasteiger partial charge in [-0.05, 0) is 72.9 Å². The number of aromatic nitrogens is 4. The first-order chi connectivity index (χ1) is 22.3. The summed E-state index contributed by atoms with van der Waals surface area (Å²) in [6, 6.07) is 12.5. The van der Waals surface area contributed by atoms with Crippen LogP contribution in [0.4, 0.5) is 24.9 Å². The fraction of sp³-hybridized carbons (Fsp3) is 0.394. The molecule has 2 fully saturated rings. The summed E-state index contributed by atoms with van der Waals surface area (Å²) in [6.07, 6.45) is -3.76. The summed E-state index contributed by atoms with van der Waals surface area (Å²) < 4.78 is 51.6. The molecule has 11 nitrogen and oxygen atoms in total. The van der Waals surface area contributed by atoms with Crippen molar-refractivity contribution in [2.24, 2.45) is 5.41 Å². The predicted octanol–water partition coefficient (Wildman–Crippen LogP) is 4.74. The molecule has 2 aliphatic rings. The molecule has 2 aromatic carbocycles. The van der Waals surface area contributed by atoms with Gasteiger partial charge in [0, 0.05) is 37.5 Å². The fourth-order valence-corrected chi connectivity index (χ4v) is 6.51. The molecule has 0 bridgehead atoms. The lowest BCUT2D eigenvalue weighted by Gasteiger charge is -2.39. The predicted molar refractivity (Wildman–Crippen MR) is 168 cm³/mol. The van der Waals surface area contributed by atoms with Crippen molar-refractivity contribution in [1.82, 2.24) is 25.1 Å². The number of carboxylic acids is 1. The molecule has 14 heteroatoms. The smallest absolute Gasteiger partial charge is 0.429 e. The zero-order valence-electron chi connectivity index (χ0n) is 26.0. The molecule has 2 atom stereocenters. The standard InChI is InChI=1S/C33H36F3N7O4/c1-19-13-21(3-4-23(19)17-44)22-5-6-24(26(14-22)43-10-7-20(2)41-43)29(33(34,35)36)47-28-15-27(39-31(37)40-28)42-11-8-32(9-12-42)16-25(30(45)46)38-18-32/h3-7,10,13-15,25,29,38,44H,8-9,11-12,16-18H2,1-2H3,(H,45,46)(H2,37,39,40)/t25-,29?/m0/s1. The average molecular weight is 652 g/mol. The van der Waals surface area contributed by atoms with E-state index >= 15 is 0 Å². The summed E-state index contributed by atoms with van der Waals surface area (Å²) in [5.74, 6) is -1.09. The van der Waals surface area contributed by atoms with Crippen molar-refractivity contribution in [2.75, 3.05) is 30.3 Å². The number of aliphatic carboxylic acids is 1. The molecular weight excluding hydrogens is 615 g/mol. The van der Waals surface area contributed by atoms with Gasteiger partial charge in [0.2, 0.25) is 17.9 Å². The van der Waals surface area contributed by atoms with Crippen molar-refractivity contribution in [1.29, 1.82) is 0 Å². The van der Waals surface area contributed by atoms with Crippen LogP contribution in [0, 0.1) is 19.3 Å². The SMILES string of the molecule is Cc1ccn(-c2cc(-c3ccc(CO)c(C)c3)ccc2C(Oc2cc(N3CCC4(CC3)CN[C@H](C(=O)O)C4)nc(N)n2)C(F)(F)F)n1. The van der Waals surface area contributed by atoms with E-state index in [0.717, 1.165) is 16.7 Å². The number of nitrogens with two attached hydrogens (primary N) is 1. The third-order valence-corrected chi connectivity index (χ3v) is 9.18. The molecule has 47 heavy (non-hydrogen) atoms. The Morgan fingerprint density at radius 2 is 1.83 bits per heavy atom. The zero-order chi connectivity index (χ0) is 33.5. The minimum absolute atomic E-state index is 0.119. The number of aliphatic hydroxyl groups excluding tert-OH is 1. The van der Waals surface area contributed by atoms with Crippen LogP contribution in [0.1, 0.15) is 47.8 Å². The van der Waals surface area contributed by atoms with Crippen molar-refractivity contribution < 1.29 is 32.9 Å². The number of alkyl halides is 3. The second kappa shape index (κ2) is 12.5. The number of nitrogens with zero attached hydrogens (tertiary/aromatic N) is 5. The molecule has 2 aromatic heterocycles. The van der Waals surface area contributed by atoms with Crippen molar-refractivity contribution in [3.8, 4) is 22.7 Å². The van der Waals surface area contributed by atoms with Crippen LogP contribution in [-0.4, -0.2) is 67.8 Å². The highest BCUT2D eigenvalue weighted by molar-refractivity contribution is 5.74. The first-order valence-corrected chi connectivity index (χ1v) is 15.3. The maximum atomic E-state index is 14.9. The number of nitrogen functional groups attached to an aromatic ring is 1. The van der Waals surface area contributed by atoms with Crippen molar-refractivity contribution in [3.05, 3.63) is 77.1 Å². The number of ether oxygens (including phenoxy) is 1. The summed E-state index contributed by atoms with van der Waals surface area (Å²) in [7, 11) is 0. The molecule has 4 heterocycles. The number of rotatable bonds is 8. The van der Waals surface area contributed by atoms with E-state index in [-0.39, 0.29) is 35.1 Å². The van der Waals surface area contributed by atoms with E-state index in [9.17, 15) is 28.2 Å². The van der Waals surface area contributed by atoms with Crippen LogP contribution < -0.4 is 20.7 Å². The maximum Gasteiger partial charge on any atom is 0.429 e. The number of hydrogen-bond donors (Lipinski definition) is 4. The number of benzene rings is 2. The van der Waals surface area contributed by atoms with Gasteiger partial charge in [-0.3, -0.25) is 4.79 Å². The van der Waals surface area contributed by atoms with E-state index < -0.39 is 24.3 Å². The van der Waals surface area contributed by atoms with Gasteiger partial charge in [-0.2, -0.15) is 28.2 Å². The molecule has 2 aliphatic heterocycles. The Labute approximate surface area is 269 Å². The molecule has 1 unspecified atom stereocenters. The lowest BCUT2D eigenvalue weighted by molar-refractivity contribution is -0.198. The molecule has 0 aliphatic carbocycles. The van der Waals surface area contributed by atoms with E-state index in [1.165, 1.54) is 16.8 Å². The Bertz CT molecular complexity index is 1790. The van der Waals surface area contributed by atoms with Crippen molar-refractivity contribution >= 4 is 17.7 Å². The summed E-state index contributed by atoms with van der Waals surface area (Å²) in [5, 5.41) is 26.4. The highest BCUT2D eigenvalue weighted by Crippen LogP contribution is 2.43. The quantitative estimate of drug-likeness (QED) is 0.210. The van der Waals surface area contributed by atoms with Crippen LogP contribution in [0.2, 0.25) is 0 Å². The average Bonchev–Trinajstić information content (AvgIpc) is 3.66. The highest BCUT2D eigenvalue weighted by atomic mass is 19.4. The van der Waals surface area contributed by atoms with E-state index in [1.807, 2.05) is 24.0 Å². The van der Waals surface area contributed by atoms with E-state index in [1.54, 1.807) is 37.4 Å². The summed E-state index contributed by atoms with van der Waals surface area (Å²) in [4.78, 5) is 21.7. The van der Waals surface area contributed by atoms with Crippen molar-refractivity contribution in [2.45, 2.75) is 58.0 Å². The van der Waals surface area contributed by atoms with Gasteiger partial charge in [0.25, 0.3) is 0 Å². The van der Waals surface area contributed by atoms with Crippen LogP contribution in [0.3, 0.4) is 0 Å². The second-order valence-corrected chi connectivity index (χ2v) is 12.4. The van der Waals surface area contributed by atoms with Gasteiger partial charge >= 0.3 is 12.1 Å². The molecular formula is C33H36F3N7O4. The van der Waals surface area contributed by atoms with Gasteiger partial charge in [-0.25, -0.2) is 4.68 Å². The number of carbonyl (C=O) groups is 1. The molecule has 5 N–H and O–H groups in total. The van der Waals surface area contributed by atoms with Gasteiger partial charge in [-0.1, -0.05) is 30.3 Å². The van der Waals surface area contributed by atoms with Crippen LogP contribution in [0.15, 0.2) is 54.7 Å². The molecule has 1 spiro atoms. The van der Waals surface area contributed by atoms with E-state index in [2.05, 4.69) is 20.4 Å². The number of anilines is 2. The van der Waals surface area contributed by atoms with Gasteiger partial charge in [-0.15, -0.1) is 0 Å². The largest absolute Gasteiger partial charge is 0.480 e. The summed E-state index contributed by atoms with van der Waals surface area (Å²) >= 11 is 0. The van der Waals surface area contributed by atoms with Gasteiger partial charge in [0.05, 0.1) is 18.0 Å². The molecule has 6 rings (SSSR count). The number of piperidine rings is 1. The second-order valence-electron chi connectivity index (χ2n) is 12.4. The Balaban J connectivity index is 1.31. The number of aliphatic hydroxyl groups is 1. The Morgan fingerprint density at radius 1 is 1.11 bits per heavy atom. The molecule has 0 radical (unpaired) electrons. The number of halogens is 3. The van der Waals surface area contributed by atoms with E-state index in [0.29, 0.717) is 56.0 Å².